The van der Waals surface area contributed by atoms with Gasteiger partial charge in [0.05, 0.1) is 27.0 Å². The molecule has 6 nitrogen and oxygen atoms in total. The van der Waals surface area contributed by atoms with Gasteiger partial charge in [-0.3, -0.25) is 9.10 Å². The SMILES string of the molecule is CS(=O)(=O)N(CC(=O)Nc1ccc(OCc2ccccc2)cc1)c1cc(Cl)c(Cl)cc1Cl. The molecule has 0 aliphatic carbocycles. The van der Waals surface area contributed by atoms with Crippen molar-refractivity contribution in [1.82, 2.24) is 0 Å². The highest BCUT2D eigenvalue weighted by Gasteiger charge is 2.24. The zero-order valence-electron chi connectivity index (χ0n) is 16.9. The Morgan fingerprint density at radius 3 is 2.19 bits per heavy atom. The lowest BCUT2D eigenvalue weighted by molar-refractivity contribution is -0.114. The monoisotopic (exact) mass is 512 g/mol. The van der Waals surface area contributed by atoms with E-state index in [9.17, 15) is 13.2 Å². The zero-order chi connectivity index (χ0) is 23.3. The molecule has 0 bridgehead atoms. The third-order valence-electron chi connectivity index (χ3n) is 4.33. The Labute approximate surface area is 201 Å². The van der Waals surface area contributed by atoms with Gasteiger partial charge in [-0.05, 0) is 42.0 Å². The molecule has 0 saturated carbocycles. The quantitative estimate of drug-likeness (QED) is 0.396. The van der Waals surface area contributed by atoms with E-state index in [-0.39, 0.29) is 20.8 Å². The van der Waals surface area contributed by atoms with Crippen LogP contribution < -0.4 is 14.4 Å². The minimum Gasteiger partial charge on any atom is -0.489 e. The van der Waals surface area contributed by atoms with Gasteiger partial charge >= 0.3 is 0 Å². The minimum atomic E-state index is -3.83. The van der Waals surface area contributed by atoms with Crippen molar-refractivity contribution in [1.29, 1.82) is 0 Å². The number of carbonyl (C=O) groups is 1. The molecule has 10 heteroatoms. The van der Waals surface area contributed by atoms with E-state index in [1.807, 2.05) is 30.3 Å². The molecule has 0 heterocycles. The number of hydrogen-bond donors (Lipinski definition) is 1. The van der Waals surface area contributed by atoms with Crippen LogP contribution in [0.1, 0.15) is 5.56 Å². The second-order valence-electron chi connectivity index (χ2n) is 6.83. The van der Waals surface area contributed by atoms with E-state index in [0.717, 1.165) is 16.1 Å². The largest absolute Gasteiger partial charge is 0.489 e. The van der Waals surface area contributed by atoms with E-state index in [1.165, 1.54) is 12.1 Å². The minimum absolute atomic E-state index is 0.0533. The van der Waals surface area contributed by atoms with Crippen LogP contribution in [0.25, 0.3) is 0 Å². The highest BCUT2D eigenvalue weighted by Crippen LogP contribution is 2.35. The molecule has 0 aliphatic rings. The number of rotatable bonds is 8. The molecule has 0 aromatic heterocycles. The van der Waals surface area contributed by atoms with Crippen LogP contribution in [-0.2, 0) is 21.4 Å². The molecule has 32 heavy (non-hydrogen) atoms. The van der Waals surface area contributed by atoms with Gasteiger partial charge in [-0.15, -0.1) is 0 Å². The van der Waals surface area contributed by atoms with Gasteiger partial charge < -0.3 is 10.1 Å². The summed E-state index contributed by atoms with van der Waals surface area (Å²) < 4.78 is 31.2. The molecule has 3 rings (SSSR count). The number of benzene rings is 3. The molecule has 1 N–H and O–H groups in total. The molecule has 0 atom stereocenters. The van der Waals surface area contributed by atoms with Gasteiger partial charge in [-0.2, -0.15) is 0 Å². The summed E-state index contributed by atoms with van der Waals surface area (Å²) in [5.41, 5.74) is 1.57. The molecule has 0 fully saturated rings. The summed E-state index contributed by atoms with van der Waals surface area (Å²) in [6, 6.07) is 19.1. The van der Waals surface area contributed by atoms with Crippen LogP contribution in [0.4, 0.5) is 11.4 Å². The van der Waals surface area contributed by atoms with Gasteiger partial charge in [0.1, 0.15) is 18.9 Å². The lowest BCUT2D eigenvalue weighted by Crippen LogP contribution is -2.37. The molecule has 1 amide bonds. The smallest absolute Gasteiger partial charge is 0.245 e. The average Bonchev–Trinajstić information content (AvgIpc) is 2.74. The van der Waals surface area contributed by atoms with Gasteiger partial charge in [0.25, 0.3) is 0 Å². The van der Waals surface area contributed by atoms with Crippen LogP contribution in [0.3, 0.4) is 0 Å². The first-order chi connectivity index (χ1) is 15.1. The van der Waals surface area contributed by atoms with Crippen molar-refractivity contribution in [2.75, 3.05) is 22.4 Å². The van der Waals surface area contributed by atoms with E-state index in [4.69, 9.17) is 39.5 Å². The Morgan fingerprint density at radius 1 is 0.938 bits per heavy atom. The van der Waals surface area contributed by atoms with E-state index in [2.05, 4.69) is 5.32 Å². The van der Waals surface area contributed by atoms with Gasteiger partial charge in [0, 0.05) is 5.69 Å². The van der Waals surface area contributed by atoms with Crippen LogP contribution in [0.15, 0.2) is 66.7 Å². The van der Waals surface area contributed by atoms with Gasteiger partial charge in [0.15, 0.2) is 0 Å². The van der Waals surface area contributed by atoms with Gasteiger partial charge in [0.2, 0.25) is 15.9 Å². The molecule has 168 valence electrons. The van der Waals surface area contributed by atoms with Crippen molar-refractivity contribution in [3.63, 3.8) is 0 Å². The van der Waals surface area contributed by atoms with E-state index in [1.54, 1.807) is 24.3 Å². The van der Waals surface area contributed by atoms with Crippen LogP contribution >= 0.6 is 34.8 Å². The first kappa shape index (κ1) is 24.2. The number of carbonyl (C=O) groups excluding carboxylic acids is 1. The highest BCUT2D eigenvalue weighted by molar-refractivity contribution is 7.92. The Balaban J connectivity index is 1.67. The molecule has 0 radical (unpaired) electrons. The van der Waals surface area contributed by atoms with Crippen molar-refractivity contribution in [3.05, 3.63) is 87.4 Å². The Kier molecular flexibility index (Phi) is 7.90. The molecule has 0 saturated heterocycles. The van der Waals surface area contributed by atoms with Crippen LogP contribution in [0, 0.1) is 0 Å². The predicted molar refractivity (Wildman–Crippen MR) is 130 cm³/mol. The van der Waals surface area contributed by atoms with Crippen molar-refractivity contribution >= 4 is 62.1 Å². The Hall–Kier alpha value is -2.45. The standard InChI is InChI=1S/C22H19Cl3N2O4S/c1-32(29,30)27(21-12-19(24)18(23)11-20(21)25)13-22(28)26-16-7-9-17(10-8-16)31-14-15-5-3-2-4-6-15/h2-12H,13-14H2,1H3,(H,26,28). The molecule has 0 unspecified atom stereocenters. The third kappa shape index (κ3) is 6.53. The lowest BCUT2D eigenvalue weighted by atomic mass is 10.2. The zero-order valence-corrected chi connectivity index (χ0v) is 20.0. The summed E-state index contributed by atoms with van der Waals surface area (Å²) in [5.74, 6) is 0.0720. The topological polar surface area (TPSA) is 75.7 Å². The van der Waals surface area contributed by atoms with Crippen LogP contribution in [0.2, 0.25) is 15.1 Å². The first-order valence-corrected chi connectivity index (χ1v) is 12.3. The predicted octanol–water partition coefficient (Wildman–Crippen LogP) is 5.63. The number of nitrogens with zero attached hydrogens (tertiary/aromatic N) is 1. The maximum Gasteiger partial charge on any atom is 0.245 e. The number of anilines is 2. The van der Waals surface area contributed by atoms with Crippen molar-refractivity contribution in [2.24, 2.45) is 0 Å². The van der Waals surface area contributed by atoms with Gasteiger partial charge in [-0.1, -0.05) is 65.1 Å². The van der Waals surface area contributed by atoms with E-state index >= 15 is 0 Å². The van der Waals surface area contributed by atoms with Crippen molar-refractivity contribution in [2.45, 2.75) is 6.61 Å². The van der Waals surface area contributed by atoms with E-state index in [0.29, 0.717) is 18.0 Å². The number of hydrogen-bond acceptors (Lipinski definition) is 4. The third-order valence-corrected chi connectivity index (χ3v) is 6.48. The summed E-state index contributed by atoms with van der Waals surface area (Å²) in [6.45, 7) is -0.0803. The number of halogens is 3. The molecule has 3 aromatic carbocycles. The summed E-state index contributed by atoms with van der Waals surface area (Å²) in [5, 5.41) is 3.00. The average molecular weight is 514 g/mol. The molecular weight excluding hydrogens is 495 g/mol. The highest BCUT2D eigenvalue weighted by atomic mass is 35.5. The molecule has 3 aromatic rings. The fourth-order valence-electron chi connectivity index (χ4n) is 2.79. The maximum atomic E-state index is 12.6. The van der Waals surface area contributed by atoms with Crippen molar-refractivity contribution < 1.29 is 17.9 Å². The second kappa shape index (κ2) is 10.4. The van der Waals surface area contributed by atoms with Crippen LogP contribution in [-0.4, -0.2) is 27.1 Å². The van der Waals surface area contributed by atoms with Gasteiger partial charge in [-0.25, -0.2) is 8.42 Å². The fourth-order valence-corrected chi connectivity index (χ4v) is 4.34. The molecule has 0 spiro atoms. The number of nitrogens with one attached hydrogen (secondary N) is 1. The Morgan fingerprint density at radius 2 is 1.56 bits per heavy atom. The number of sulfonamides is 1. The molecular formula is C22H19Cl3N2O4S. The number of amides is 1. The summed E-state index contributed by atoms with van der Waals surface area (Å²) in [4.78, 5) is 12.6. The molecule has 0 aliphatic heterocycles. The Bertz CT molecular complexity index is 1200. The first-order valence-electron chi connectivity index (χ1n) is 9.32. The summed E-state index contributed by atoms with van der Waals surface area (Å²) in [6.07, 6.45) is 0.970. The lowest BCUT2D eigenvalue weighted by Gasteiger charge is -2.23. The van der Waals surface area contributed by atoms with Crippen molar-refractivity contribution in [3.8, 4) is 5.75 Å². The summed E-state index contributed by atoms with van der Waals surface area (Å²) >= 11 is 18.1. The number of ether oxygens (including phenoxy) is 1. The summed E-state index contributed by atoms with van der Waals surface area (Å²) in [7, 11) is -3.83. The maximum absolute atomic E-state index is 12.6. The van der Waals surface area contributed by atoms with Crippen LogP contribution in [0.5, 0.6) is 5.75 Å². The second-order valence-corrected chi connectivity index (χ2v) is 9.96. The fraction of sp³-hybridized carbons (Fsp3) is 0.136. The van der Waals surface area contributed by atoms with E-state index < -0.39 is 22.5 Å². The normalized spacial score (nSPS) is 11.1.